The van der Waals surface area contributed by atoms with Gasteiger partial charge in [-0.25, -0.2) is 0 Å². The van der Waals surface area contributed by atoms with Crippen molar-refractivity contribution in [1.29, 1.82) is 5.26 Å². The number of nitriles is 1. The van der Waals surface area contributed by atoms with Gasteiger partial charge in [-0.15, -0.1) is 0 Å². The summed E-state index contributed by atoms with van der Waals surface area (Å²) in [5, 5.41) is 24.1. The van der Waals surface area contributed by atoms with Crippen molar-refractivity contribution in [2.24, 2.45) is 11.7 Å². The highest BCUT2D eigenvalue weighted by molar-refractivity contribution is 5.98. The number of nitrogens with one attached hydrogen (secondary N) is 3. The van der Waals surface area contributed by atoms with Crippen LogP contribution < -0.4 is 26.1 Å². The smallest absolute Gasteiger partial charge is 0.303 e. The normalized spacial score (nSPS) is 19.6. The van der Waals surface area contributed by atoms with E-state index in [-0.39, 0.29) is 30.7 Å². The lowest BCUT2D eigenvalue weighted by atomic mass is 9.86. The summed E-state index contributed by atoms with van der Waals surface area (Å²) in [6.45, 7) is 0.660. The van der Waals surface area contributed by atoms with E-state index in [0.29, 0.717) is 60.6 Å². The molecule has 0 saturated heterocycles. The Balaban J connectivity index is 1.50. The van der Waals surface area contributed by atoms with E-state index in [2.05, 4.69) is 21.7 Å². The monoisotopic (exact) mass is 530 g/mol. The molecule has 1 saturated carbocycles. The van der Waals surface area contributed by atoms with E-state index in [0.717, 1.165) is 11.1 Å². The average molecular weight is 531 g/mol. The zero-order chi connectivity index (χ0) is 28.0. The summed E-state index contributed by atoms with van der Waals surface area (Å²) in [4.78, 5) is 40.0. The van der Waals surface area contributed by atoms with Crippen molar-refractivity contribution in [3.05, 3.63) is 70.4 Å². The van der Waals surface area contributed by atoms with Gasteiger partial charge in [0.05, 0.1) is 24.8 Å². The summed E-state index contributed by atoms with van der Waals surface area (Å²) in [7, 11) is 1.75. The van der Waals surface area contributed by atoms with E-state index in [1.807, 2.05) is 0 Å². The van der Waals surface area contributed by atoms with Crippen molar-refractivity contribution in [2.75, 3.05) is 25.5 Å². The van der Waals surface area contributed by atoms with Gasteiger partial charge in [-0.3, -0.25) is 19.4 Å². The van der Waals surface area contributed by atoms with Gasteiger partial charge in [0.1, 0.15) is 12.8 Å². The van der Waals surface area contributed by atoms with Crippen LogP contribution in [-0.2, 0) is 21.4 Å². The van der Waals surface area contributed by atoms with Gasteiger partial charge in [-0.1, -0.05) is 6.07 Å². The molecule has 2 aliphatic rings. The van der Waals surface area contributed by atoms with E-state index in [9.17, 15) is 19.6 Å². The number of aliphatic carboxylic acids is 1. The molecule has 39 heavy (non-hydrogen) atoms. The van der Waals surface area contributed by atoms with Crippen molar-refractivity contribution < 1.29 is 29.2 Å². The van der Waals surface area contributed by atoms with Gasteiger partial charge in [-0.2, -0.15) is 5.26 Å². The van der Waals surface area contributed by atoms with Gasteiger partial charge < -0.3 is 26.2 Å². The van der Waals surface area contributed by atoms with E-state index in [1.54, 1.807) is 55.7 Å². The molecular formula is C29H32N5O5+. The van der Waals surface area contributed by atoms with Crippen LogP contribution in [0.3, 0.4) is 0 Å². The number of nitrogens with zero attached hydrogens (tertiary/aromatic N) is 1. The quantitative estimate of drug-likeness (QED) is 0.285. The second-order valence-electron chi connectivity index (χ2n) is 9.82. The largest absolute Gasteiger partial charge is 0.493 e. The zero-order valence-corrected chi connectivity index (χ0v) is 21.8. The van der Waals surface area contributed by atoms with Crippen molar-refractivity contribution in [1.82, 2.24) is 5.32 Å². The fraction of sp³-hybridized carbons (Fsp3) is 0.345. The summed E-state index contributed by atoms with van der Waals surface area (Å²) in [5.74, 6) is -0.998. The van der Waals surface area contributed by atoms with Crippen LogP contribution in [0.25, 0.3) is 0 Å². The predicted molar refractivity (Wildman–Crippen MR) is 144 cm³/mol. The first-order chi connectivity index (χ1) is 18.8. The number of carboxylic acids is 1. The summed E-state index contributed by atoms with van der Waals surface area (Å²) in [6.07, 6.45) is 5.50. The standard InChI is InChI=1S/C29H31N5O5/c1-32-11-9-21(31)17-33-27(37)20-7-8-25-22(14-20)29(10-12-39-25)15-23(29)28(38)34-24-13-18(16-30)5-6-19(24)3-2-4-26(35)36/h5-9,11,13-14,23H,2-4,10,12,15,17,31H2,1H3,(H,33,37)(H,34,38)(H,35,36)/p+1/t23-,29-/m0/s1. The van der Waals surface area contributed by atoms with Crippen molar-refractivity contribution in [3.8, 4) is 11.8 Å². The first kappa shape index (κ1) is 27.4. The second-order valence-corrected chi connectivity index (χ2v) is 9.82. The van der Waals surface area contributed by atoms with E-state index < -0.39 is 11.4 Å². The number of aryl methyl sites for hydroxylation is 1. The highest BCUT2D eigenvalue weighted by atomic mass is 16.5. The Morgan fingerprint density at radius 1 is 1.28 bits per heavy atom. The van der Waals surface area contributed by atoms with Crippen LogP contribution in [0.4, 0.5) is 5.69 Å². The lowest BCUT2D eigenvalue weighted by Crippen LogP contribution is -2.62. The highest BCUT2D eigenvalue weighted by Gasteiger charge is 2.61. The number of rotatable bonds is 10. The molecule has 0 aromatic heterocycles. The maximum atomic E-state index is 13.4. The number of hydrogen-bond acceptors (Lipinski definition) is 6. The molecule has 0 bridgehead atoms. The molecular weight excluding hydrogens is 498 g/mol. The molecule has 4 rings (SSSR count). The Labute approximate surface area is 226 Å². The molecule has 2 aromatic rings. The first-order valence-electron chi connectivity index (χ1n) is 12.8. The molecule has 1 fully saturated rings. The van der Waals surface area contributed by atoms with Crippen LogP contribution >= 0.6 is 0 Å². The van der Waals surface area contributed by atoms with Crippen molar-refractivity contribution >= 4 is 29.7 Å². The number of hydrogen-bond donors (Lipinski definition) is 5. The van der Waals surface area contributed by atoms with Gasteiger partial charge >= 0.3 is 5.97 Å². The number of allylic oxidation sites excluding steroid dienone is 1. The highest BCUT2D eigenvalue weighted by Crippen LogP contribution is 2.61. The third-order valence-electron chi connectivity index (χ3n) is 7.23. The minimum Gasteiger partial charge on any atom is -0.493 e. The van der Waals surface area contributed by atoms with Crippen LogP contribution in [0.2, 0.25) is 0 Å². The summed E-state index contributed by atoms with van der Waals surface area (Å²) in [5.41, 5.74) is 8.96. The van der Waals surface area contributed by atoms with Crippen LogP contribution in [0.5, 0.6) is 5.75 Å². The Hall–Kier alpha value is -4.65. The molecule has 0 radical (unpaired) electrons. The van der Waals surface area contributed by atoms with Crippen LogP contribution in [0.15, 0.2) is 48.2 Å². The van der Waals surface area contributed by atoms with Gasteiger partial charge in [0.25, 0.3) is 5.91 Å². The Morgan fingerprint density at radius 3 is 2.85 bits per heavy atom. The van der Waals surface area contributed by atoms with Crippen LogP contribution in [-0.4, -0.2) is 49.3 Å². The number of fused-ring (bicyclic) bond motifs is 2. The molecule has 1 heterocycles. The predicted octanol–water partition coefficient (Wildman–Crippen LogP) is 0.998. The average Bonchev–Trinajstić information content (AvgIpc) is 3.65. The van der Waals surface area contributed by atoms with Gasteiger partial charge in [0.2, 0.25) is 5.91 Å². The van der Waals surface area contributed by atoms with Gasteiger partial charge in [0.15, 0.2) is 6.21 Å². The van der Waals surface area contributed by atoms with E-state index in [4.69, 9.17) is 15.6 Å². The molecule has 2 aromatic carbocycles. The lowest BCUT2D eigenvalue weighted by Gasteiger charge is -2.27. The van der Waals surface area contributed by atoms with Crippen LogP contribution in [0, 0.1) is 17.2 Å². The zero-order valence-electron chi connectivity index (χ0n) is 21.8. The molecule has 10 nitrogen and oxygen atoms in total. The maximum absolute atomic E-state index is 13.4. The number of carboxylic acid groups (broad SMARTS) is 1. The Morgan fingerprint density at radius 2 is 2.10 bits per heavy atom. The van der Waals surface area contributed by atoms with Crippen molar-refractivity contribution in [3.63, 3.8) is 0 Å². The number of anilines is 1. The topological polar surface area (TPSA) is 169 Å². The van der Waals surface area contributed by atoms with Gasteiger partial charge in [-0.05, 0) is 61.6 Å². The SMILES string of the molecule is C[NH+]=CC=C(N)CNC(=O)c1ccc2c(c1)[C@]1(CCO2)C[C@H]1C(=O)Nc1cc(C#N)ccc1CCCC(=O)O. The molecule has 2 amide bonds. The fourth-order valence-corrected chi connectivity index (χ4v) is 5.05. The molecule has 0 unspecified atom stereocenters. The number of carbonyl (C=O) groups is 3. The second kappa shape index (κ2) is 11.8. The van der Waals surface area contributed by atoms with E-state index in [1.165, 1.54) is 0 Å². The van der Waals surface area contributed by atoms with Crippen LogP contribution in [0.1, 0.15) is 52.7 Å². The number of nitrogens with two attached hydrogens (primary N) is 1. The number of ether oxygens (including phenoxy) is 1. The fourth-order valence-electron chi connectivity index (χ4n) is 5.05. The number of amides is 2. The molecule has 1 aliphatic heterocycles. The first-order valence-corrected chi connectivity index (χ1v) is 12.8. The Kier molecular flexibility index (Phi) is 8.30. The van der Waals surface area contributed by atoms with E-state index >= 15 is 0 Å². The molecule has 1 spiro atoms. The Bertz CT molecular complexity index is 1390. The molecule has 10 heteroatoms. The third-order valence-corrected chi connectivity index (χ3v) is 7.23. The molecule has 6 N–H and O–H groups in total. The molecule has 1 aliphatic carbocycles. The van der Waals surface area contributed by atoms with Gasteiger partial charge in [0, 0.05) is 46.3 Å². The molecule has 202 valence electrons. The summed E-state index contributed by atoms with van der Waals surface area (Å²) in [6, 6.07) is 12.4. The summed E-state index contributed by atoms with van der Waals surface area (Å²) < 4.78 is 5.85. The van der Waals surface area contributed by atoms with Crippen molar-refractivity contribution in [2.45, 2.75) is 37.5 Å². The summed E-state index contributed by atoms with van der Waals surface area (Å²) >= 11 is 0. The minimum atomic E-state index is -0.882. The minimum absolute atomic E-state index is 0.0170. The maximum Gasteiger partial charge on any atom is 0.303 e. The lowest BCUT2D eigenvalue weighted by molar-refractivity contribution is -0.413. The third kappa shape index (κ3) is 6.26. The molecule has 2 atom stereocenters. The number of benzene rings is 2. The number of carbonyl (C=O) groups excluding carboxylic acids is 2.